The quantitative estimate of drug-likeness (QED) is 0.760. The molecule has 5 nitrogen and oxygen atoms in total. The van der Waals surface area contributed by atoms with E-state index in [4.69, 9.17) is 0 Å². The Morgan fingerprint density at radius 2 is 1.92 bits per heavy atom. The molecule has 2 aromatic rings. The number of carbonyl (C=O) groups is 2. The SMILES string of the molecule is C[C@@H](CC(=O)NCc1ccccn1)CC(=O)Nc1cccc(Br)c1. The molecule has 1 atom stereocenters. The summed E-state index contributed by atoms with van der Waals surface area (Å²) in [4.78, 5) is 28.1. The van der Waals surface area contributed by atoms with Gasteiger partial charge in [-0.3, -0.25) is 14.6 Å². The summed E-state index contributed by atoms with van der Waals surface area (Å²) in [7, 11) is 0. The highest BCUT2D eigenvalue weighted by molar-refractivity contribution is 9.10. The Morgan fingerprint density at radius 1 is 1.12 bits per heavy atom. The van der Waals surface area contributed by atoms with Gasteiger partial charge in [-0.2, -0.15) is 0 Å². The second-order valence-electron chi connectivity index (χ2n) is 5.67. The van der Waals surface area contributed by atoms with E-state index in [1.807, 2.05) is 49.4 Å². The van der Waals surface area contributed by atoms with Crippen LogP contribution in [0.15, 0.2) is 53.1 Å². The van der Waals surface area contributed by atoms with Crippen molar-refractivity contribution in [1.82, 2.24) is 10.3 Å². The lowest BCUT2D eigenvalue weighted by molar-refractivity contribution is -0.122. The molecule has 0 unspecified atom stereocenters. The van der Waals surface area contributed by atoms with Gasteiger partial charge in [0.25, 0.3) is 0 Å². The van der Waals surface area contributed by atoms with Crippen molar-refractivity contribution in [2.75, 3.05) is 5.32 Å². The molecule has 0 aliphatic carbocycles. The smallest absolute Gasteiger partial charge is 0.224 e. The van der Waals surface area contributed by atoms with E-state index in [0.29, 0.717) is 19.4 Å². The average molecular weight is 390 g/mol. The number of nitrogens with zero attached hydrogens (tertiary/aromatic N) is 1. The van der Waals surface area contributed by atoms with Crippen molar-refractivity contribution < 1.29 is 9.59 Å². The Morgan fingerprint density at radius 3 is 2.62 bits per heavy atom. The van der Waals surface area contributed by atoms with Gasteiger partial charge in [-0.25, -0.2) is 0 Å². The van der Waals surface area contributed by atoms with Gasteiger partial charge >= 0.3 is 0 Å². The number of hydrogen-bond acceptors (Lipinski definition) is 3. The number of benzene rings is 1. The minimum atomic E-state index is -0.0990. The van der Waals surface area contributed by atoms with E-state index < -0.39 is 0 Å². The van der Waals surface area contributed by atoms with Crippen molar-refractivity contribution in [1.29, 1.82) is 0 Å². The molecule has 24 heavy (non-hydrogen) atoms. The number of hydrogen-bond donors (Lipinski definition) is 2. The van der Waals surface area contributed by atoms with E-state index in [-0.39, 0.29) is 17.7 Å². The van der Waals surface area contributed by atoms with Crippen LogP contribution in [0.2, 0.25) is 0 Å². The van der Waals surface area contributed by atoms with E-state index in [0.717, 1.165) is 15.9 Å². The van der Waals surface area contributed by atoms with Crippen LogP contribution in [0.5, 0.6) is 0 Å². The van der Waals surface area contributed by atoms with Crippen LogP contribution in [0.1, 0.15) is 25.5 Å². The van der Waals surface area contributed by atoms with Crippen molar-refractivity contribution in [2.45, 2.75) is 26.3 Å². The highest BCUT2D eigenvalue weighted by Gasteiger charge is 2.13. The molecule has 1 heterocycles. The van der Waals surface area contributed by atoms with Gasteiger partial charge in [-0.05, 0) is 36.2 Å². The molecule has 0 radical (unpaired) electrons. The molecule has 6 heteroatoms. The third kappa shape index (κ3) is 6.50. The lowest BCUT2D eigenvalue weighted by Crippen LogP contribution is -2.26. The minimum Gasteiger partial charge on any atom is -0.350 e. The van der Waals surface area contributed by atoms with Gasteiger partial charge in [-0.1, -0.05) is 35.0 Å². The van der Waals surface area contributed by atoms with Crippen LogP contribution in [0.25, 0.3) is 0 Å². The molecule has 0 fully saturated rings. The fourth-order valence-electron chi connectivity index (χ4n) is 2.25. The molecule has 0 spiro atoms. The van der Waals surface area contributed by atoms with Crippen molar-refractivity contribution in [2.24, 2.45) is 5.92 Å². The molecular formula is C18H20BrN3O2. The molecule has 2 amide bonds. The van der Waals surface area contributed by atoms with Gasteiger partial charge in [0.1, 0.15) is 0 Å². The van der Waals surface area contributed by atoms with E-state index in [1.165, 1.54) is 0 Å². The number of rotatable bonds is 7. The Kier molecular flexibility index (Phi) is 6.93. The summed E-state index contributed by atoms with van der Waals surface area (Å²) < 4.78 is 0.905. The summed E-state index contributed by atoms with van der Waals surface area (Å²) in [5.41, 5.74) is 1.55. The molecule has 0 aliphatic rings. The van der Waals surface area contributed by atoms with Gasteiger partial charge in [0, 0.05) is 29.2 Å². The van der Waals surface area contributed by atoms with Gasteiger partial charge < -0.3 is 10.6 Å². The summed E-state index contributed by atoms with van der Waals surface area (Å²) in [5.74, 6) is -0.220. The maximum Gasteiger partial charge on any atom is 0.224 e. The molecular weight excluding hydrogens is 370 g/mol. The first-order chi connectivity index (χ1) is 11.5. The summed E-state index contributed by atoms with van der Waals surface area (Å²) in [6, 6.07) is 13.0. The first-order valence-corrected chi connectivity index (χ1v) is 8.54. The zero-order valence-corrected chi connectivity index (χ0v) is 15.0. The minimum absolute atomic E-state index is 0.0408. The average Bonchev–Trinajstić information content (AvgIpc) is 2.53. The highest BCUT2D eigenvalue weighted by atomic mass is 79.9. The number of anilines is 1. The summed E-state index contributed by atoms with van der Waals surface area (Å²) in [6.07, 6.45) is 2.29. The topological polar surface area (TPSA) is 71.1 Å². The van der Waals surface area contributed by atoms with Crippen molar-refractivity contribution in [3.05, 3.63) is 58.8 Å². The maximum absolute atomic E-state index is 12.0. The Labute approximate surface area is 150 Å². The first kappa shape index (κ1) is 18.1. The lowest BCUT2D eigenvalue weighted by atomic mass is 10.0. The second-order valence-corrected chi connectivity index (χ2v) is 6.59. The van der Waals surface area contributed by atoms with E-state index in [1.54, 1.807) is 6.20 Å². The second kappa shape index (κ2) is 9.17. The molecule has 0 saturated carbocycles. The Hall–Kier alpha value is -2.21. The van der Waals surface area contributed by atoms with Gasteiger partial charge in [0.15, 0.2) is 0 Å². The third-order valence-electron chi connectivity index (χ3n) is 3.37. The zero-order chi connectivity index (χ0) is 17.4. The normalized spacial score (nSPS) is 11.6. The molecule has 2 rings (SSSR count). The fourth-order valence-corrected chi connectivity index (χ4v) is 2.65. The van der Waals surface area contributed by atoms with Gasteiger partial charge in [-0.15, -0.1) is 0 Å². The van der Waals surface area contributed by atoms with E-state index >= 15 is 0 Å². The van der Waals surface area contributed by atoms with Crippen molar-refractivity contribution in [3.63, 3.8) is 0 Å². The number of amides is 2. The van der Waals surface area contributed by atoms with Crippen molar-refractivity contribution in [3.8, 4) is 0 Å². The highest BCUT2D eigenvalue weighted by Crippen LogP contribution is 2.17. The lowest BCUT2D eigenvalue weighted by Gasteiger charge is -2.12. The van der Waals surface area contributed by atoms with E-state index in [2.05, 4.69) is 31.5 Å². The predicted octanol–water partition coefficient (Wildman–Crippen LogP) is 3.52. The maximum atomic E-state index is 12.0. The van der Waals surface area contributed by atoms with Crippen LogP contribution in [-0.2, 0) is 16.1 Å². The molecule has 0 saturated heterocycles. The van der Waals surface area contributed by atoms with Crippen LogP contribution in [0.3, 0.4) is 0 Å². The van der Waals surface area contributed by atoms with Crippen LogP contribution in [-0.4, -0.2) is 16.8 Å². The number of nitrogens with one attached hydrogen (secondary N) is 2. The third-order valence-corrected chi connectivity index (χ3v) is 3.86. The first-order valence-electron chi connectivity index (χ1n) is 7.75. The summed E-state index contributed by atoms with van der Waals surface area (Å²) in [6.45, 7) is 2.29. The van der Waals surface area contributed by atoms with Crippen molar-refractivity contribution >= 4 is 33.4 Å². The largest absolute Gasteiger partial charge is 0.350 e. The standard InChI is InChI=1S/C18H20BrN3O2/c1-13(9-17(23)21-12-16-6-2-3-8-20-16)10-18(24)22-15-7-4-5-14(19)11-15/h2-8,11,13H,9-10,12H2,1H3,(H,21,23)(H,22,24)/t13-/m0/s1. The molecule has 2 N–H and O–H groups in total. The molecule has 1 aromatic heterocycles. The van der Waals surface area contributed by atoms with Crippen LogP contribution >= 0.6 is 15.9 Å². The van der Waals surface area contributed by atoms with Crippen LogP contribution < -0.4 is 10.6 Å². The summed E-state index contributed by atoms with van der Waals surface area (Å²) in [5, 5.41) is 5.66. The molecule has 0 bridgehead atoms. The molecule has 1 aromatic carbocycles. The van der Waals surface area contributed by atoms with Crippen LogP contribution in [0.4, 0.5) is 5.69 Å². The monoisotopic (exact) mass is 389 g/mol. The van der Waals surface area contributed by atoms with Crippen LogP contribution in [0, 0.1) is 5.92 Å². The molecule has 0 aliphatic heterocycles. The fraction of sp³-hybridized carbons (Fsp3) is 0.278. The van der Waals surface area contributed by atoms with Gasteiger partial charge in [0.05, 0.1) is 12.2 Å². The summed E-state index contributed by atoms with van der Waals surface area (Å²) >= 11 is 3.36. The Bertz CT molecular complexity index is 692. The number of pyridine rings is 1. The zero-order valence-electron chi connectivity index (χ0n) is 13.5. The number of aromatic nitrogens is 1. The van der Waals surface area contributed by atoms with Gasteiger partial charge in [0.2, 0.25) is 11.8 Å². The Balaban J connectivity index is 1.72. The predicted molar refractivity (Wildman–Crippen MR) is 97.3 cm³/mol. The van der Waals surface area contributed by atoms with E-state index in [9.17, 15) is 9.59 Å². The molecule has 126 valence electrons. The number of carbonyl (C=O) groups excluding carboxylic acids is 2. The number of halogens is 1.